The van der Waals surface area contributed by atoms with Crippen LogP contribution in [0.25, 0.3) is 0 Å². The van der Waals surface area contributed by atoms with Gasteiger partial charge in [0.1, 0.15) is 0 Å². The third kappa shape index (κ3) is 4.19. The predicted molar refractivity (Wildman–Crippen MR) is 86.9 cm³/mol. The summed E-state index contributed by atoms with van der Waals surface area (Å²) in [4.78, 5) is 20.3. The van der Waals surface area contributed by atoms with Gasteiger partial charge in [0.25, 0.3) is 0 Å². The smallest absolute Gasteiger partial charge is 0.236 e. The van der Waals surface area contributed by atoms with Crippen LogP contribution in [0.3, 0.4) is 0 Å². The molecular weight excluding hydrogens is 306 g/mol. The molecule has 0 spiro atoms. The van der Waals surface area contributed by atoms with Gasteiger partial charge in [0.05, 0.1) is 10.9 Å². The van der Waals surface area contributed by atoms with Gasteiger partial charge in [0.2, 0.25) is 5.91 Å². The van der Waals surface area contributed by atoms with E-state index in [1.54, 1.807) is 11.3 Å². The molecule has 0 saturated carbocycles. The molecule has 0 N–H and O–H groups in total. The minimum Gasteiger partial charge on any atom is -0.339 e. The molecule has 21 heavy (non-hydrogen) atoms. The second kappa shape index (κ2) is 7.09. The molecule has 0 atom stereocenters. The van der Waals surface area contributed by atoms with Crippen molar-refractivity contribution < 1.29 is 4.79 Å². The van der Waals surface area contributed by atoms with Crippen molar-refractivity contribution in [3.63, 3.8) is 0 Å². The lowest BCUT2D eigenvalue weighted by Crippen LogP contribution is -2.50. The van der Waals surface area contributed by atoms with Crippen molar-refractivity contribution in [2.45, 2.75) is 19.4 Å². The Labute approximate surface area is 135 Å². The highest BCUT2D eigenvalue weighted by Crippen LogP contribution is 2.23. The predicted octanol–water partition coefficient (Wildman–Crippen LogP) is 2.14. The fourth-order valence-corrected chi connectivity index (χ4v) is 4.17. The lowest BCUT2D eigenvalue weighted by Gasteiger charge is -2.35. The zero-order valence-corrected chi connectivity index (χ0v) is 13.8. The first-order chi connectivity index (χ1) is 10.2. The Morgan fingerprint density at radius 2 is 1.76 bits per heavy atom. The van der Waals surface area contributed by atoms with Gasteiger partial charge < -0.3 is 4.90 Å². The van der Waals surface area contributed by atoms with Gasteiger partial charge in [-0.1, -0.05) is 11.6 Å². The minimum atomic E-state index is 0.302. The van der Waals surface area contributed by atoms with E-state index in [-0.39, 0.29) is 0 Å². The summed E-state index contributed by atoms with van der Waals surface area (Å²) < 4.78 is 0.851. The molecule has 3 rings (SSSR count). The van der Waals surface area contributed by atoms with E-state index >= 15 is 0 Å². The van der Waals surface area contributed by atoms with Crippen LogP contribution in [0.1, 0.15) is 17.7 Å². The van der Waals surface area contributed by atoms with Crippen molar-refractivity contribution in [2.24, 2.45) is 0 Å². The average Bonchev–Trinajstić information content (AvgIpc) is 3.12. The number of carbonyl (C=O) groups is 1. The second-order valence-corrected chi connectivity index (χ2v) is 7.65. The van der Waals surface area contributed by atoms with Crippen LogP contribution >= 0.6 is 22.9 Å². The van der Waals surface area contributed by atoms with Crippen molar-refractivity contribution in [3.05, 3.63) is 21.3 Å². The summed E-state index contributed by atoms with van der Waals surface area (Å²) in [5.41, 5.74) is 0. The number of thiophene rings is 1. The normalized spacial score (nSPS) is 21.1. The van der Waals surface area contributed by atoms with Crippen molar-refractivity contribution in [1.82, 2.24) is 14.7 Å². The monoisotopic (exact) mass is 327 g/mol. The quantitative estimate of drug-likeness (QED) is 0.847. The summed E-state index contributed by atoms with van der Waals surface area (Å²) in [6.45, 7) is 7.36. The van der Waals surface area contributed by atoms with Gasteiger partial charge in [-0.2, -0.15) is 0 Å². The van der Waals surface area contributed by atoms with E-state index in [9.17, 15) is 4.79 Å². The van der Waals surface area contributed by atoms with Crippen LogP contribution in [0.5, 0.6) is 0 Å². The van der Waals surface area contributed by atoms with Crippen LogP contribution in [0, 0.1) is 0 Å². The maximum atomic E-state index is 12.3. The standard InChI is InChI=1S/C15H22ClN3OS/c16-14-4-3-13(21-14)11-18-7-9-19(10-8-18)15(20)12-17-5-1-2-6-17/h3-4H,1-2,5-12H2. The fourth-order valence-electron chi connectivity index (χ4n) is 3.04. The molecule has 6 heteroatoms. The van der Waals surface area contributed by atoms with E-state index in [0.29, 0.717) is 12.5 Å². The zero-order chi connectivity index (χ0) is 14.7. The molecule has 2 aliphatic heterocycles. The van der Waals surface area contributed by atoms with Gasteiger partial charge in [-0.05, 0) is 38.1 Å². The highest BCUT2D eigenvalue weighted by Gasteiger charge is 2.23. The van der Waals surface area contributed by atoms with E-state index in [1.165, 1.54) is 17.7 Å². The molecule has 4 nitrogen and oxygen atoms in total. The van der Waals surface area contributed by atoms with Gasteiger partial charge in [0.15, 0.2) is 0 Å². The average molecular weight is 328 g/mol. The highest BCUT2D eigenvalue weighted by atomic mass is 35.5. The number of carbonyl (C=O) groups excluding carboxylic acids is 1. The number of hydrogen-bond donors (Lipinski definition) is 0. The number of halogens is 1. The first kappa shape index (κ1) is 15.3. The first-order valence-corrected chi connectivity index (χ1v) is 8.87. The maximum absolute atomic E-state index is 12.3. The summed E-state index contributed by atoms with van der Waals surface area (Å²) in [7, 11) is 0. The molecule has 116 valence electrons. The molecule has 0 unspecified atom stereocenters. The Morgan fingerprint density at radius 3 is 2.38 bits per heavy atom. The van der Waals surface area contributed by atoms with Crippen molar-refractivity contribution in [2.75, 3.05) is 45.8 Å². The van der Waals surface area contributed by atoms with E-state index in [1.807, 2.05) is 11.0 Å². The number of rotatable bonds is 4. The Bertz CT molecular complexity index is 479. The number of hydrogen-bond acceptors (Lipinski definition) is 4. The Morgan fingerprint density at radius 1 is 1.05 bits per heavy atom. The SMILES string of the molecule is O=C(CN1CCCC1)N1CCN(Cc2ccc(Cl)s2)CC1. The molecule has 3 heterocycles. The van der Waals surface area contributed by atoms with E-state index in [2.05, 4.69) is 15.9 Å². The lowest BCUT2D eigenvalue weighted by atomic mass is 10.3. The maximum Gasteiger partial charge on any atom is 0.236 e. The van der Waals surface area contributed by atoms with Gasteiger partial charge in [-0.25, -0.2) is 0 Å². The lowest BCUT2D eigenvalue weighted by molar-refractivity contribution is -0.134. The van der Waals surface area contributed by atoms with E-state index in [4.69, 9.17) is 11.6 Å². The van der Waals surface area contributed by atoms with Crippen molar-refractivity contribution in [1.29, 1.82) is 0 Å². The van der Waals surface area contributed by atoms with Crippen LogP contribution < -0.4 is 0 Å². The van der Waals surface area contributed by atoms with Gasteiger partial charge in [-0.15, -0.1) is 11.3 Å². The number of piperazine rings is 1. The number of likely N-dealkylation sites (tertiary alicyclic amines) is 1. The largest absolute Gasteiger partial charge is 0.339 e. The van der Waals surface area contributed by atoms with E-state index < -0.39 is 0 Å². The molecular formula is C15H22ClN3OS. The summed E-state index contributed by atoms with van der Waals surface area (Å²) in [5, 5.41) is 0. The second-order valence-electron chi connectivity index (χ2n) is 5.85. The molecule has 2 fully saturated rings. The van der Waals surface area contributed by atoms with Gasteiger partial charge in [0, 0.05) is 37.6 Å². The highest BCUT2D eigenvalue weighted by molar-refractivity contribution is 7.16. The zero-order valence-electron chi connectivity index (χ0n) is 12.3. The van der Waals surface area contributed by atoms with Crippen LogP contribution in [0.4, 0.5) is 0 Å². The molecule has 1 aromatic heterocycles. The van der Waals surface area contributed by atoms with Gasteiger partial charge in [-0.3, -0.25) is 14.6 Å². The summed E-state index contributed by atoms with van der Waals surface area (Å²) in [6.07, 6.45) is 2.48. The fraction of sp³-hybridized carbons (Fsp3) is 0.667. The molecule has 0 radical (unpaired) electrons. The first-order valence-electron chi connectivity index (χ1n) is 7.67. The Balaban J connectivity index is 1.42. The molecule has 0 aromatic carbocycles. The Hall–Kier alpha value is -0.620. The topological polar surface area (TPSA) is 26.8 Å². The van der Waals surface area contributed by atoms with Crippen LogP contribution in [-0.4, -0.2) is 66.4 Å². The summed E-state index contributed by atoms with van der Waals surface area (Å²) in [5.74, 6) is 0.302. The number of nitrogens with zero attached hydrogens (tertiary/aromatic N) is 3. The third-order valence-corrected chi connectivity index (χ3v) is 5.51. The van der Waals surface area contributed by atoms with Crippen LogP contribution in [0.2, 0.25) is 4.34 Å². The molecule has 2 aliphatic rings. The molecule has 0 bridgehead atoms. The van der Waals surface area contributed by atoms with Gasteiger partial charge >= 0.3 is 0 Å². The molecule has 0 aliphatic carbocycles. The number of amides is 1. The molecule has 2 saturated heterocycles. The minimum absolute atomic E-state index is 0.302. The molecule has 1 aromatic rings. The summed E-state index contributed by atoms with van der Waals surface area (Å²) >= 11 is 7.61. The van der Waals surface area contributed by atoms with E-state index in [0.717, 1.165) is 50.1 Å². The van der Waals surface area contributed by atoms with Crippen LogP contribution in [0.15, 0.2) is 12.1 Å². The van der Waals surface area contributed by atoms with Crippen molar-refractivity contribution in [3.8, 4) is 0 Å². The third-order valence-electron chi connectivity index (χ3n) is 4.29. The summed E-state index contributed by atoms with van der Waals surface area (Å²) in [6, 6.07) is 4.05. The Kier molecular flexibility index (Phi) is 5.16. The van der Waals surface area contributed by atoms with Crippen LogP contribution in [-0.2, 0) is 11.3 Å². The molecule has 1 amide bonds. The van der Waals surface area contributed by atoms with Crippen molar-refractivity contribution >= 4 is 28.8 Å².